The van der Waals surface area contributed by atoms with Gasteiger partial charge in [-0.25, -0.2) is 9.59 Å². The molecule has 0 heterocycles. The Morgan fingerprint density at radius 2 is 1.41 bits per heavy atom. The Kier molecular flexibility index (Phi) is 5.32. The van der Waals surface area contributed by atoms with E-state index in [4.69, 9.17) is 9.47 Å². The summed E-state index contributed by atoms with van der Waals surface area (Å²) >= 11 is 0. The van der Waals surface area contributed by atoms with Gasteiger partial charge in [-0.15, -0.1) is 0 Å². The molecule has 0 aromatic heterocycles. The van der Waals surface area contributed by atoms with Crippen molar-refractivity contribution in [1.82, 2.24) is 0 Å². The lowest BCUT2D eigenvalue weighted by Gasteiger charge is -2.13. The number of hydrogen-bond donors (Lipinski definition) is 0. The second kappa shape index (κ2) is 6.78. The zero-order valence-corrected chi connectivity index (χ0v) is 9.88. The molecule has 6 heteroatoms. The van der Waals surface area contributed by atoms with Gasteiger partial charge in [0.2, 0.25) is 0 Å². The molecule has 0 aromatic rings. The van der Waals surface area contributed by atoms with Crippen LogP contribution in [-0.4, -0.2) is 37.7 Å². The third kappa shape index (κ3) is 4.76. The average Bonchev–Trinajstić information content (AvgIpc) is 2.66. The topological polar surface area (TPSA) is 71.1 Å². The highest BCUT2D eigenvalue weighted by Crippen LogP contribution is 2.18. The number of hydrogen-bond acceptors (Lipinski definition) is 6. The molecule has 0 saturated carbocycles. The Bertz CT molecular complexity index is 270. The lowest BCUT2D eigenvalue weighted by molar-refractivity contribution is 0.0162. The van der Waals surface area contributed by atoms with E-state index in [0.717, 1.165) is 0 Å². The lowest BCUT2D eigenvalue weighted by Crippen LogP contribution is -2.21. The summed E-state index contributed by atoms with van der Waals surface area (Å²) in [5.74, 6) is 0. The van der Waals surface area contributed by atoms with E-state index in [9.17, 15) is 9.59 Å². The Labute approximate surface area is 99.5 Å². The van der Waals surface area contributed by atoms with Crippen LogP contribution < -0.4 is 0 Å². The summed E-state index contributed by atoms with van der Waals surface area (Å²) in [6, 6.07) is 0. The Hall–Kier alpha value is -1.72. The molecule has 96 valence electrons. The van der Waals surface area contributed by atoms with Crippen LogP contribution in [0.3, 0.4) is 0 Å². The Morgan fingerprint density at radius 3 is 1.76 bits per heavy atom. The minimum Gasteiger partial charge on any atom is -0.435 e. The molecule has 6 nitrogen and oxygen atoms in total. The van der Waals surface area contributed by atoms with Crippen LogP contribution in [0.5, 0.6) is 0 Å². The van der Waals surface area contributed by atoms with Gasteiger partial charge < -0.3 is 18.9 Å². The molecule has 0 spiro atoms. The first-order valence-corrected chi connectivity index (χ1v) is 5.50. The van der Waals surface area contributed by atoms with E-state index in [1.807, 2.05) is 0 Å². The quantitative estimate of drug-likeness (QED) is 0.556. The standard InChI is InChI=1S/C11H16O6/c1-3-14-10(12)16-8-5-6-9(7-8)17-11(13)15-4-2/h5-6,8-9H,3-4,7H2,1-2H3. The Morgan fingerprint density at radius 1 is 1.00 bits per heavy atom. The largest absolute Gasteiger partial charge is 0.508 e. The maximum Gasteiger partial charge on any atom is 0.508 e. The van der Waals surface area contributed by atoms with Crippen molar-refractivity contribution in [3.8, 4) is 0 Å². The van der Waals surface area contributed by atoms with Crippen molar-refractivity contribution in [2.75, 3.05) is 13.2 Å². The highest BCUT2D eigenvalue weighted by atomic mass is 16.7. The number of rotatable bonds is 4. The van der Waals surface area contributed by atoms with Crippen LogP contribution in [0, 0.1) is 0 Å². The van der Waals surface area contributed by atoms with Crippen molar-refractivity contribution >= 4 is 12.3 Å². The molecular weight excluding hydrogens is 228 g/mol. The molecule has 0 radical (unpaired) electrons. The monoisotopic (exact) mass is 244 g/mol. The maximum atomic E-state index is 11.0. The number of ether oxygens (including phenoxy) is 4. The zero-order valence-electron chi connectivity index (χ0n) is 9.88. The van der Waals surface area contributed by atoms with Crippen molar-refractivity contribution in [1.29, 1.82) is 0 Å². The van der Waals surface area contributed by atoms with E-state index in [1.165, 1.54) is 0 Å². The van der Waals surface area contributed by atoms with Crippen LogP contribution in [0.2, 0.25) is 0 Å². The Balaban J connectivity index is 2.26. The van der Waals surface area contributed by atoms with E-state index < -0.39 is 24.5 Å². The van der Waals surface area contributed by atoms with Crippen molar-refractivity contribution in [2.45, 2.75) is 32.5 Å². The summed E-state index contributed by atoms with van der Waals surface area (Å²) in [4.78, 5) is 22.0. The molecule has 0 amide bonds. The van der Waals surface area contributed by atoms with Crippen LogP contribution in [0.15, 0.2) is 12.2 Å². The molecule has 0 saturated heterocycles. The molecule has 1 aliphatic rings. The SMILES string of the molecule is CCOC(=O)OC1C=CC(OC(=O)OCC)C1. The van der Waals surface area contributed by atoms with Gasteiger partial charge in [-0.3, -0.25) is 0 Å². The summed E-state index contributed by atoms with van der Waals surface area (Å²) in [5.41, 5.74) is 0. The van der Waals surface area contributed by atoms with Crippen LogP contribution in [0.25, 0.3) is 0 Å². The van der Waals surface area contributed by atoms with E-state index in [-0.39, 0.29) is 13.2 Å². The van der Waals surface area contributed by atoms with Gasteiger partial charge >= 0.3 is 12.3 Å². The minimum absolute atomic E-state index is 0.262. The smallest absolute Gasteiger partial charge is 0.435 e. The zero-order chi connectivity index (χ0) is 12.7. The molecular formula is C11H16O6. The summed E-state index contributed by atoms with van der Waals surface area (Å²) in [6.45, 7) is 3.91. The lowest BCUT2D eigenvalue weighted by atomic mass is 10.3. The predicted octanol–water partition coefficient (Wildman–Crippen LogP) is 2.03. The molecule has 0 bridgehead atoms. The van der Waals surface area contributed by atoms with Crippen LogP contribution >= 0.6 is 0 Å². The second-order valence-corrected chi connectivity index (χ2v) is 3.30. The van der Waals surface area contributed by atoms with Crippen molar-refractivity contribution in [3.05, 3.63) is 12.2 Å². The maximum absolute atomic E-state index is 11.0. The van der Waals surface area contributed by atoms with E-state index in [2.05, 4.69) is 9.47 Å². The summed E-state index contributed by atoms with van der Waals surface area (Å²) in [7, 11) is 0. The first kappa shape index (κ1) is 13.3. The highest BCUT2D eigenvalue weighted by Gasteiger charge is 2.25. The summed E-state index contributed by atoms with van der Waals surface area (Å²) in [5, 5.41) is 0. The molecule has 2 unspecified atom stereocenters. The average molecular weight is 244 g/mol. The van der Waals surface area contributed by atoms with Gasteiger partial charge in [0.25, 0.3) is 0 Å². The van der Waals surface area contributed by atoms with Gasteiger partial charge in [-0.05, 0) is 26.0 Å². The van der Waals surface area contributed by atoms with Crippen LogP contribution in [0.1, 0.15) is 20.3 Å². The fourth-order valence-electron chi connectivity index (χ4n) is 1.36. The fourth-order valence-corrected chi connectivity index (χ4v) is 1.36. The van der Waals surface area contributed by atoms with Crippen molar-refractivity contribution in [3.63, 3.8) is 0 Å². The van der Waals surface area contributed by atoms with Gasteiger partial charge in [0, 0.05) is 6.42 Å². The van der Waals surface area contributed by atoms with Gasteiger partial charge in [0.15, 0.2) is 0 Å². The predicted molar refractivity (Wildman–Crippen MR) is 57.5 cm³/mol. The molecule has 0 fully saturated rings. The summed E-state index contributed by atoms with van der Waals surface area (Å²) in [6.07, 6.45) is 1.40. The summed E-state index contributed by atoms with van der Waals surface area (Å²) < 4.78 is 19.1. The molecule has 0 N–H and O–H groups in total. The molecule has 17 heavy (non-hydrogen) atoms. The van der Waals surface area contributed by atoms with Gasteiger partial charge in [-0.2, -0.15) is 0 Å². The normalized spacial score (nSPS) is 22.0. The van der Waals surface area contributed by atoms with Crippen LogP contribution in [0.4, 0.5) is 9.59 Å². The molecule has 1 aliphatic carbocycles. The first-order chi connectivity index (χ1) is 8.15. The van der Waals surface area contributed by atoms with Crippen LogP contribution in [-0.2, 0) is 18.9 Å². The van der Waals surface area contributed by atoms with Gasteiger partial charge in [0.05, 0.1) is 13.2 Å². The van der Waals surface area contributed by atoms with Crippen molar-refractivity contribution < 1.29 is 28.5 Å². The minimum atomic E-state index is -0.723. The van der Waals surface area contributed by atoms with Crippen molar-refractivity contribution in [2.24, 2.45) is 0 Å². The first-order valence-electron chi connectivity index (χ1n) is 5.50. The fraction of sp³-hybridized carbons (Fsp3) is 0.636. The van der Waals surface area contributed by atoms with Gasteiger partial charge in [0.1, 0.15) is 12.2 Å². The molecule has 0 aliphatic heterocycles. The van der Waals surface area contributed by atoms with E-state index in [1.54, 1.807) is 26.0 Å². The molecule has 1 rings (SSSR count). The molecule has 2 atom stereocenters. The number of carbonyl (C=O) groups excluding carboxylic acids is 2. The molecule has 0 aromatic carbocycles. The second-order valence-electron chi connectivity index (χ2n) is 3.30. The number of carbonyl (C=O) groups is 2. The third-order valence-corrected chi connectivity index (χ3v) is 2.02. The van der Waals surface area contributed by atoms with E-state index in [0.29, 0.717) is 6.42 Å². The highest BCUT2D eigenvalue weighted by molar-refractivity contribution is 5.61. The van der Waals surface area contributed by atoms with Gasteiger partial charge in [-0.1, -0.05) is 0 Å². The van der Waals surface area contributed by atoms with E-state index >= 15 is 0 Å². The third-order valence-electron chi connectivity index (χ3n) is 2.02.